The van der Waals surface area contributed by atoms with Crippen LogP contribution in [0.5, 0.6) is 0 Å². The Balaban J connectivity index is 1.33. The van der Waals surface area contributed by atoms with Gasteiger partial charge in [0.1, 0.15) is 11.4 Å². The fourth-order valence-corrected chi connectivity index (χ4v) is 8.46. The van der Waals surface area contributed by atoms with Crippen molar-refractivity contribution in [3.8, 4) is 0 Å². The zero-order chi connectivity index (χ0) is 26.5. The second-order valence-electron chi connectivity index (χ2n) is 12.4. The predicted octanol–water partition coefficient (Wildman–Crippen LogP) is 5.48. The number of aromatic nitrogens is 2. The lowest BCUT2D eigenvalue weighted by molar-refractivity contribution is -0.144. The second-order valence-corrected chi connectivity index (χ2v) is 12.4. The lowest BCUT2D eigenvalue weighted by Crippen LogP contribution is -2.64. The van der Waals surface area contributed by atoms with Crippen LogP contribution in [0.25, 0.3) is 0 Å². The molecule has 39 heavy (non-hydrogen) atoms. The molecule has 1 aromatic carbocycles. The van der Waals surface area contributed by atoms with Crippen LogP contribution in [-0.4, -0.2) is 43.5 Å². The molecule has 4 fully saturated rings. The molecule has 0 spiro atoms. The van der Waals surface area contributed by atoms with Crippen LogP contribution in [0.1, 0.15) is 66.4 Å². The summed E-state index contributed by atoms with van der Waals surface area (Å²) in [4.78, 5) is 44.3. The van der Waals surface area contributed by atoms with Gasteiger partial charge < -0.3 is 0 Å². The molecule has 6 nitrogen and oxygen atoms in total. The van der Waals surface area contributed by atoms with Crippen LogP contribution in [0.15, 0.2) is 84.4 Å². The van der Waals surface area contributed by atoms with Crippen molar-refractivity contribution in [3.05, 3.63) is 96.1 Å². The summed E-state index contributed by atoms with van der Waals surface area (Å²) in [6.45, 7) is 0. The van der Waals surface area contributed by atoms with Crippen LogP contribution in [-0.2, 0) is 17.6 Å². The summed E-state index contributed by atoms with van der Waals surface area (Å²) in [5.41, 5.74) is 1.49. The minimum absolute atomic E-state index is 0.0144. The number of amides is 1. The summed E-state index contributed by atoms with van der Waals surface area (Å²) in [6, 6.07) is 17.3. The second kappa shape index (κ2) is 9.51. The number of aliphatic imine (C=N–C) groups is 1. The maximum atomic E-state index is 14.9. The highest BCUT2D eigenvalue weighted by atomic mass is 16.2. The van der Waals surface area contributed by atoms with E-state index in [0.29, 0.717) is 42.0 Å². The first-order valence-corrected chi connectivity index (χ1v) is 14.3. The smallest absolute Gasteiger partial charge is 0.257 e. The molecule has 198 valence electrons. The Labute approximate surface area is 229 Å². The van der Waals surface area contributed by atoms with Crippen LogP contribution in [0, 0.1) is 17.8 Å². The molecule has 8 rings (SSSR count). The van der Waals surface area contributed by atoms with Gasteiger partial charge in [-0.25, -0.2) is 0 Å². The Hall–Kier alpha value is -3.67. The highest BCUT2D eigenvalue weighted by Crippen LogP contribution is 2.59. The van der Waals surface area contributed by atoms with E-state index in [2.05, 4.69) is 14.9 Å². The van der Waals surface area contributed by atoms with E-state index in [0.717, 1.165) is 30.4 Å². The summed E-state index contributed by atoms with van der Waals surface area (Å²) in [7, 11) is 0. The number of pyridine rings is 2. The fourth-order valence-electron chi connectivity index (χ4n) is 8.46. The van der Waals surface area contributed by atoms with E-state index in [4.69, 9.17) is 4.99 Å². The normalized spacial score (nSPS) is 28.5. The minimum atomic E-state index is -1.00. The number of hydrogen-bond acceptors (Lipinski definition) is 5. The molecule has 5 aliphatic rings. The van der Waals surface area contributed by atoms with E-state index in [-0.39, 0.29) is 23.7 Å². The number of nitrogens with zero attached hydrogens (tertiary/aromatic N) is 4. The summed E-state index contributed by atoms with van der Waals surface area (Å²) in [5.74, 6) is 2.76. The minimum Gasteiger partial charge on any atom is -0.294 e. The van der Waals surface area contributed by atoms with Crippen LogP contribution in [0.4, 0.5) is 0 Å². The lowest BCUT2D eigenvalue weighted by atomic mass is 9.52. The van der Waals surface area contributed by atoms with Crippen molar-refractivity contribution in [2.24, 2.45) is 22.7 Å². The molecule has 0 radical (unpaired) electrons. The van der Waals surface area contributed by atoms with Crippen molar-refractivity contribution in [3.63, 3.8) is 0 Å². The van der Waals surface area contributed by atoms with Crippen LogP contribution < -0.4 is 0 Å². The molecular formula is C33H34N4O2. The zero-order valence-electron chi connectivity index (χ0n) is 22.2. The molecule has 3 heterocycles. The van der Waals surface area contributed by atoms with Gasteiger partial charge in [0.15, 0.2) is 5.78 Å². The third kappa shape index (κ3) is 4.40. The number of benzene rings is 1. The third-order valence-corrected chi connectivity index (χ3v) is 9.59. The maximum absolute atomic E-state index is 14.9. The van der Waals surface area contributed by atoms with Gasteiger partial charge >= 0.3 is 0 Å². The number of rotatable bonds is 8. The molecule has 6 heteroatoms. The van der Waals surface area contributed by atoms with Crippen molar-refractivity contribution in [2.75, 3.05) is 0 Å². The number of ketones is 1. The summed E-state index contributed by atoms with van der Waals surface area (Å²) in [6.07, 6.45) is 15.1. The molecular weight excluding hydrogens is 484 g/mol. The van der Waals surface area contributed by atoms with Gasteiger partial charge in [-0.3, -0.25) is 29.4 Å². The van der Waals surface area contributed by atoms with E-state index in [1.807, 2.05) is 54.6 Å². The Morgan fingerprint density at radius 1 is 0.769 bits per heavy atom. The van der Waals surface area contributed by atoms with Crippen LogP contribution >= 0.6 is 0 Å². The lowest BCUT2D eigenvalue weighted by Gasteiger charge is -2.60. The molecule has 0 saturated heterocycles. The van der Waals surface area contributed by atoms with E-state index >= 15 is 0 Å². The highest BCUT2D eigenvalue weighted by Gasteiger charge is 2.60. The molecule has 0 unspecified atom stereocenters. The van der Waals surface area contributed by atoms with Crippen molar-refractivity contribution >= 4 is 17.5 Å². The van der Waals surface area contributed by atoms with Gasteiger partial charge in [0.2, 0.25) is 0 Å². The third-order valence-electron chi connectivity index (χ3n) is 9.59. The van der Waals surface area contributed by atoms with E-state index in [1.165, 1.54) is 19.3 Å². The number of hydrogen-bond donors (Lipinski definition) is 0. The molecule has 4 aliphatic carbocycles. The molecule has 0 atom stereocenters. The van der Waals surface area contributed by atoms with Gasteiger partial charge in [-0.1, -0.05) is 30.3 Å². The Morgan fingerprint density at radius 2 is 1.28 bits per heavy atom. The number of carbonyl (C=O) groups excluding carboxylic acids is 2. The zero-order valence-corrected chi connectivity index (χ0v) is 22.2. The monoisotopic (exact) mass is 518 g/mol. The van der Waals surface area contributed by atoms with Gasteiger partial charge in [0.05, 0.1) is 6.42 Å². The SMILES string of the molecule is O=C(CC1=NC(Cc2ccncc2)(Cc2ccncc2)C(=O)N1C12CC3CC(CC(C3)C1)C2)c1ccccc1. The first-order chi connectivity index (χ1) is 19.0. The van der Waals surface area contributed by atoms with Gasteiger partial charge in [-0.05, 0) is 91.7 Å². The standard InChI is InChI=1S/C33H34N4O2/c38-29(28-4-2-1-3-5-28)17-30-36-33(21-23-6-10-34-11-7-23,22-24-8-12-35-13-9-24)31(39)37(30)32-18-25-14-26(19-32)16-27(15-25)20-32/h1-13,25-27H,14-22H2. The van der Waals surface area contributed by atoms with Crippen molar-refractivity contribution in [1.29, 1.82) is 0 Å². The van der Waals surface area contributed by atoms with Crippen molar-refractivity contribution in [2.45, 2.75) is 68.9 Å². The summed E-state index contributed by atoms with van der Waals surface area (Å²) >= 11 is 0. The van der Waals surface area contributed by atoms with Gasteiger partial charge in [0, 0.05) is 48.7 Å². The molecule has 1 amide bonds. The average molecular weight is 519 g/mol. The quantitative estimate of drug-likeness (QED) is 0.370. The molecule has 0 N–H and O–H groups in total. The van der Waals surface area contributed by atoms with Gasteiger partial charge in [-0.2, -0.15) is 0 Å². The summed E-state index contributed by atoms with van der Waals surface area (Å²) in [5, 5.41) is 0. The van der Waals surface area contributed by atoms with E-state index in [9.17, 15) is 9.59 Å². The molecule has 4 saturated carbocycles. The van der Waals surface area contributed by atoms with Gasteiger partial charge in [-0.15, -0.1) is 0 Å². The average Bonchev–Trinajstić information content (AvgIpc) is 3.20. The predicted molar refractivity (Wildman–Crippen MR) is 149 cm³/mol. The number of amidine groups is 1. The molecule has 3 aromatic rings. The van der Waals surface area contributed by atoms with Crippen molar-refractivity contribution < 1.29 is 9.59 Å². The summed E-state index contributed by atoms with van der Waals surface area (Å²) < 4.78 is 0. The molecule has 2 aromatic heterocycles. The Kier molecular flexibility index (Phi) is 5.94. The fraction of sp³-hybridized carbons (Fsp3) is 0.424. The van der Waals surface area contributed by atoms with Gasteiger partial charge in [0.25, 0.3) is 5.91 Å². The Morgan fingerprint density at radius 3 is 1.79 bits per heavy atom. The van der Waals surface area contributed by atoms with E-state index < -0.39 is 5.54 Å². The first kappa shape index (κ1) is 24.4. The highest BCUT2D eigenvalue weighted by molar-refractivity contribution is 6.17. The molecule has 1 aliphatic heterocycles. The van der Waals surface area contributed by atoms with Crippen LogP contribution in [0.3, 0.4) is 0 Å². The topological polar surface area (TPSA) is 75.5 Å². The molecule has 4 bridgehead atoms. The Bertz CT molecular complexity index is 1330. The largest absolute Gasteiger partial charge is 0.294 e. The van der Waals surface area contributed by atoms with Crippen LogP contribution in [0.2, 0.25) is 0 Å². The van der Waals surface area contributed by atoms with E-state index in [1.54, 1.807) is 24.8 Å². The number of carbonyl (C=O) groups is 2. The van der Waals surface area contributed by atoms with Crippen molar-refractivity contribution in [1.82, 2.24) is 14.9 Å². The number of Topliss-reactive ketones (excluding diaryl/α,β-unsaturated/α-hetero) is 1. The maximum Gasteiger partial charge on any atom is 0.257 e. The first-order valence-electron chi connectivity index (χ1n) is 14.3.